The number of rotatable bonds is 5. The molecule has 3 nitrogen and oxygen atoms in total. The molecule has 0 aliphatic rings. The fourth-order valence-electron chi connectivity index (χ4n) is 2.08. The zero-order chi connectivity index (χ0) is 13.9. The van der Waals surface area contributed by atoms with Crippen molar-refractivity contribution >= 4 is 10.9 Å². The molecule has 0 aliphatic carbocycles. The highest BCUT2D eigenvalue weighted by Gasteiger charge is 2.25. The van der Waals surface area contributed by atoms with Gasteiger partial charge in [0, 0.05) is 18.2 Å². The smallest absolute Gasteiger partial charge is 0.123 e. The van der Waals surface area contributed by atoms with E-state index in [1.807, 2.05) is 6.92 Å². The molecule has 4 heteroatoms. The van der Waals surface area contributed by atoms with Crippen LogP contribution in [0.5, 0.6) is 0 Å². The SMILES string of the molecule is CCCOCC(C)(O)c1ccnc2ccc(F)cc12. The lowest BCUT2D eigenvalue weighted by Crippen LogP contribution is -2.28. The van der Waals surface area contributed by atoms with Gasteiger partial charge in [-0.25, -0.2) is 4.39 Å². The molecule has 1 unspecified atom stereocenters. The van der Waals surface area contributed by atoms with Gasteiger partial charge in [-0.2, -0.15) is 0 Å². The maximum absolute atomic E-state index is 13.4. The Kier molecular flexibility index (Phi) is 4.12. The number of benzene rings is 1. The number of nitrogens with zero attached hydrogens (tertiary/aromatic N) is 1. The maximum Gasteiger partial charge on any atom is 0.123 e. The number of aromatic nitrogens is 1. The summed E-state index contributed by atoms with van der Waals surface area (Å²) in [5, 5.41) is 11.1. The van der Waals surface area contributed by atoms with Crippen molar-refractivity contribution in [2.75, 3.05) is 13.2 Å². The quantitative estimate of drug-likeness (QED) is 0.843. The first-order chi connectivity index (χ1) is 9.04. The summed E-state index contributed by atoms with van der Waals surface area (Å²) in [6.45, 7) is 4.44. The standard InChI is InChI=1S/C15H18FNO2/c1-3-8-19-10-15(2,18)13-6-7-17-14-5-4-11(16)9-12(13)14/h4-7,9,18H,3,8,10H2,1-2H3. The van der Waals surface area contributed by atoms with Gasteiger partial charge < -0.3 is 9.84 Å². The molecule has 2 aromatic rings. The minimum absolute atomic E-state index is 0.177. The molecule has 1 aromatic heterocycles. The number of pyridine rings is 1. The zero-order valence-electron chi connectivity index (χ0n) is 11.2. The lowest BCUT2D eigenvalue weighted by atomic mass is 9.93. The lowest BCUT2D eigenvalue weighted by Gasteiger charge is -2.25. The highest BCUT2D eigenvalue weighted by atomic mass is 19.1. The molecule has 102 valence electrons. The number of fused-ring (bicyclic) bond motifs is 1. The molecule has 0 fully saturated rings. The molecular formula is C15H18FNO2. The normalized spacial score (nSPS) is 14.5. The Morgan fingerprint density at radius 3 is 2.89 bits per heavy atom. The summed E-state index contributed by atoms with van der Waals surface area (Å²) in [5.74, 6) is -0.341. The molecule has 19 heavy (non-hydrogen) atoms. The van der Waals surface area contributed by atoms with Gasteiger partial charge in [-0.15, -0.1) is 0 Å². The molecule has 0 amide bonds. The highest BCUT2D eigenvalue weighted by Crippen LogP contribution is 2.28. The van der Waals surface area contributed by atoms with Crippen molar-refractivity contribution in [3.63, 3.8) is 0 Å². The Balaban J connectivity index is 2.40. The van der Waals surface area contributed by atoms with Crippen LogP contribution in [0.2, 0.25) is 0 Å². The van der Waals surface area contributed by atoms with Crippen molar-refractivity contribution in [1.82, 2.24) is 4.98 Å². The van der Waals surface area contributed by atoms with Crippen molar-refractivity contribution in [2.24, 2.45) is 0 Å². The monoisotopic (exact) mass is 263 g/mol. The van der Waals surface area contributed by atoms with E-state index in [-0.39, 0.29) is 12.4 Å². The third-order valence-electron chi connectivity index (χ3n) is 3.02. The zero-order valence-corrected chi connectivity index (χ0v) is 11.2. The number of hydrogen-bond donors (Lipinski definition) is 1. The molecule has 0 spiro atoms. The first-order valence-corrected chi connectivity index (χ1v) is 6.39. The Hall–Kier alpha value is -1.52. The van der Waals surface area contributed by atoms with Crippen molar-refractivity contribution < 1.29 is 14.2 Å². The Morgan fingerprint density at radius 1 is 1.37 bits per heavy atom. The highest BCUT2D eigenvalue weighted by molar-refractivity contribution is 5.82. The summed E-state index contributed by atoms with van der Waals surface area (Å²) < 4.78 is 18.8. The van der Waals surface area contributed by atoms with Crippen LogP contribution in [0.3, 0.4) is 0 Å². The molecule has 1 heterocycles. The van der Waals surface area contributed by atoms with E-state index in [2.05, 4.69) is 4.98 Å². The maximum atomic E-state index is 13.4. The average Bonchev–Trinajstić information content (AvgIpc) is 2.38. The van der Waals surface area contributed by atoms with Crippen LogP contribution in [0.15, 0.2) is 30.5 Å². The topological polar surface area (TPSA) is 42.4 Å². The van der Waals surface area contributed by atoms with Crippen LogP contribution in [-0.4, -0.2) is 23.3 Å². The van der Waals surface area contributed by atoms with Crippen LogP contribution in [0, 0.1) is 5.82 Å². The average molecular weight is 263 g/mol. The van der Waals surface area contributed by atoms with Crippen molar-refractivity contribution in [3.8, 4) is 0 Å². The second-order valence-electron chi connectivity index (χ2n) is 4.85. The second-order valence-corrected chi connectivity index (χ2v) is 4.85. The third kappa shape index (κ3) is 3.08. The van der Waals surface area contributed by atoms with E-state index in [4.69, 9.17) is 4.74 Å². The first kappa shape index (κ1) is 13.9. The minimum Gasteiger partial charge on any atom is -0.383 e. The van der Waals surface area contributed by atoms with Crippen molar-refractivity contribution in [3.05, 3.63) is 41.8 Å². The summed E-state index contributed by atoms with van der Waals surface area (Å²) in [4.78, 5) is 4.17. The van der Waals surface area contributed by atoms with Crippen LogP contribution >= 0.6 is 0 Å². The third-order valence-corrected chi connectivity index (χ3v) is 3.02. The molecule has 2 rings (SSSR count). The van der Waals surface area contributed by atoms with Gasteiger partial charge in [0.15, 0.2) is 0 Å². The number of hydrogen-bond acceptors (Lipinski definition) is 3. The largest absolute Gasteiger partial charge is 0.383 e. The van der Waals surface area contributed by atoms with E-state index in [1.54, 1.807) is 25.3 Å². The summed E-state index contributed by atoms with van der Waals surface area (Å²) in [5.41, 5.74) is 0.132. The van der Waals surface area contributed by atoms with E-state index in [0.717, 1.165) is 6.42 Å². The minimum atomic E-state index is -1.16. The van der Waals surface area contributed by atoms with E-state index in [1.165, 1.54) is 12.1 Å². The number of aliphatic hydroxyl groups is 1. The van der Waals surface area contributed by atoms with Gasteiger partial charge in [0.25, 0.3) is 0 Å². The number of ether oxygens (including phenoxy) is 1. The van der Waals surface area contributed by atoms with Crippen LogP contribution in [0.1, 0.15) is 25.8 Å². The Labute approximate surface area is 112 Å². The molecular weight excluding hydrogens is 245 g/mol. The fourth-order valence-corrected chi connectivity index (χ4v) is 2.08. The lowest BCUT2D eigenvalue weighted by molar-refractivity contribution is -0.0365. The molecule has 0 aliphatic heterocycles. The van der Waals surface area contributed by atoms with E-state index in [0.29, 0.717) is 23.1 Å². The predicted molar refractivity (Wildman–Crippen MR) is 72.4 cm³/mol. The summed E-state index contributed by atoms with van der Waals surface area (Å²) in [6, 6.07) is 6.07. The van der Waals surface area contributed by atoms with Gasteiger partial charge in [0.2, 0.25) is 0 Å². The molecule has 1 aromatic carbocycles. The molecule has 0 radical (unpaired) electrons. The van der Waals surface area contributed by atoms with Gasteiger partial charge in [-0.1, -0.05) is 6.92 Å². The van der Waals surface area contributed by atoms with Crippen molar-refractivity contribution in [1.29, 1.82) is 0 Å². The van der Waals surface area contributed by atoms with Gasteiger partial charge in [0.1, 0.15) is 11.4 Å². The Morgan fingerprint density at radius 2 is 2.16 bits per heavy atom. The Bertz CT molecular complexity index is 569. The van der Waals surface area contributed by atoms with E-state index >= 15 is 0 Å². The van der Waals surface area contributed by atoms with Crippen LogP contribution < -0.4 is 0 Å². The molecule has 0 bridgehead atoms. The molecule has 1 atom stereocenters. The second kappa shape index (κ2) is 5.63. The van der Waals surface area contributed by atoms with Crippen molar-refractivity contribution in [2.45, 2.75) is 25.9 Å². The van der Waals surface area contributed by atoms with Crippen LogP contribution in [-0.2, 0) is 10.3 Å². The van der Waals surface area contributed by atoms with Crippen LogP contribution in [0.4, 0.5) is 4.39 Å². The first-order valence-electron chi connectivity index (χ1n) is 6.39. The number of halogens is 1. The fraction of sp³-hybridized carbons (Fsp3) is 0.400. The molecule has 0 saturated carbocycles. The van der Waals surface area contributed by atoms with E-state index in [9.17, 15) is 9.50 Å². The van der Waals surface area contributed by atoms with E-state index < -0.39 is 5.60 Å². The van der Waals surface area contributed by atoms with Gasteiger partial charge in [-0.3, -0.25) is 4.98 Å². The molecule has 0 saturated heterocycles. The van der Waals surface area contributed by atoms with Gasteiger partial charge in [0.05, 0.1) is 12.1 Å². The van der Waals surface area contributed by atoms with Gasteiger partial charge in [-0.05, 0) is 43.2 Å². The summed E-state index contributed by atoms with van der Waals surface area (Å²) >= 11 is 0. The summed E-state index contributed by atoms with van der Waals surface area (Å²) in [7, 11) is 0. The van der Waals surface area contributed by atoms with Crippen LogP contribution in [0.25, 0.3) is 10.9 Å². The molecule has 1 N–H and O–H groups in total. The summed E-state index contributed by atoms with van der Waals surface area (Å²) in [6.07, 6.45) is 2.51. The predicted octanol–water partition coefficient (Wildman–Crippen LogP) is 3.01. The van der Waals surface area contributed by atoms with Gasteiger partial charge >= 0.3 is 0 Å².